The standard InChI is InChI=1S/C9H6F5NO3/c1-18-8(17)4-2-3(6(10)11)5(9(12,13)14)15-7(4)16/h2,6H,1H3,(H,15,16). The molecule has 100 valence electrons. The van der Waals surface area contributed by atoms with Crippen molar-refractivity contribution in [3.8, 4) is 0 Å². The predicted octanol–water partition coefficient (Wildman–Crippen LogP) is 2.12. The molecule has 1 heterocycles. The van der Waals surface area contributed by atoms with Crippen LogP contribution in [0.4, 0.5) is 22.0 Å². The molecular weight excluding hydrogens is 265 g/mol. The monoisotopic (exact) mass is 271 g/mol. The lowest BCUT2D eigenvalue weighted by molar-refractivity contribution is -0.143. The van der Waals surface area contributed by atoms with Crippen LogP contribution in [0.5, 0.6) is 0 Å². The van der Waals surface area contributed by atoms with E-state index in [0.29, 0.717) is 0 Å². The Bertz CT molecular complexity index is 520. The highest BCUT2D eigenvalue weighted by atomic mass is 19.4. The van der Waals surface area contributed by atoms with Crippen molar-refractivity contribution in [1.82, 2.24) is 4.98 Å². The van der Waals surface area contributed by atoms with Gasteiger partial charge in [0.05, 0.1) is 7.11 Å². The number of carbonyl (C=O) groups is 1. The zero-order valence-electron chi connectivity index (χ0n) is 8.77. The first kappa shape index (κ1) is 14.1. The van der Waals surface area contributed by atoms with Gasteiger partial charge in [0.25, 0.3) is 12.0 Å². The van der Waals surface area contributed by atoms with Crippen molar-refractivity contribution in [2.45, 2.75) is 12.6 Å². The minimum absolute atomic E-state index is 0.179. The van der Waals surface area contributed by atoms with Crippen molar-refractivity contribution in [2.75, 3.05) is 7.11 Å². The molecule has 9 heteroatoms. The Morgan fingerprint density at radius 3 is 2.33 bits per heavy atom. The summed E-state index contributed by atoms with van der Waals surface area (Å²) >= 11 is 0. The molecule has 1 aromatic rings. The summed E-state index contributed by atoms with van der Waals surface area (Å²) < 4.78 is 66.2. The Kier molecular flexibility index (Phi) is 3.73. The molecular formula is C9H6F5NO3. The molecule has 0 amide bonds. The maximum absolute atomic E-state index is 12.5. The number of halogens is 5. The summed E-state index contributed by atoms with van der Waals surface area (Å²) in [5, 5.41) is 0. The van der Waals surface area contributed by atoms with Crippen molar-refractivity contribution >= 4 is 5.97 Å². The number of pyridine rings is 1. The molecule has 0 saturated carbocycles. The fourth-order valence-corrected chi connectivity index (χ4v) is 1.21. The quantitative estimate of drug-likeness (QED) is 0.662. The lowest BCUT2D eigenvalue weighted by atomic mass is 10.1. The van der Waals surface area contributed by atoms with E-state index in [2.05, 4.69) is 4.74 Å². The van der Waals surface area contributed by atoms with Crippen LogP contribution in [0.2, 0.25) is 0 Å². The van der Waals surface area contributed by atoms with Gasteiger partial charge in [-0.3, -0.25) is 4.79 Å². The average Bonchev–Trinajstić information content (AvgIpc) is 2.26. The Morgan fingerprint density at radius 1 is 1.39 bits per heavy atom. The highest BCUT2D eigenvalue weighted by Crippen LogP contribution is 2.34. The molecule has 0 atom stereocenters. The second-order valence-corrected chi connectivity index (χ2v) is 3.13. The third kappa shape index (κ3) is 2.66. The van der Waals surface area contributed by atoms with Crippen LogP contribution in [0.15, 0.2) is 10.9 Å². The zero-order chi connectivity index (χ0) is 14.1. The van der Waals surface area contributed by atoms with Crippen molar-refractivity contribution < 1.29 is 31.5 Å². The molecule has 1 aromatic heterocycles. The summed E-state index contributed by atoms with van der Waals surface area (Å²) in [7, 11) is 0.863. The minimum Gasteiger partial charge on any atom is -0.465 e. The summed E-state index contributed by atoms with van der Waals surface area (Å²) in [5.41, 5.74) is -5.72. The first-order valence-corrected chi connectivity index (χ1v) is 4.39. The molecule has 0 spiro atoms. The normalized spacial score (nSPS) is 11.7. The predicted molar refractivity (Wildman–Crippen MR) is 48.4 cm³/mol. The largest absolute Gasteiger partial charge is 0.465 e. The molecule has 0 aliphatic heterocycles. The molecule has 0 fully saturated rings. The van der Waals surface area contributed by atoms with Crippen LogP contribution in [0.1, 0.15) is 28.0 Å². The second-order valence-electron chi connectivity index (χ2n) is 3.13. The van der Waals surface area contributed by atoms with Crippen LogP contribution in [-0.2, 0) is 10.9 Å². The number of rotatable bonds is 2. The number of aromatic nitrogens is 1. The smallest absolute Gasteiger partial charge is 0.431 e. The summed E-state index contributed by atoms with van der Waals surface area (Å²) in [6, 6.07) is 0.179. The Morgan fingerprint density at radius 2 is 1.94 bits per heavy atom. The molecule has 0 saturated heterocycles. The minimum atomic E-state index is -5.15. The van der Waals surface area contributed by atoms with Gasteiger partial charge in [0.2, 0.25) is 0 Å². The zero-order valence-corrected chi connectivity index (χ0v) is 8.77. The molecule has 1 N–H and O–H groups in total. The van der Waals surface area contributed by atoms with E-state index in [9.17, 15) is 31.5 Å². The Balaban J connectivity index is 3.55. The lowest BCUT2D eigenvalue weighted by Gasteiger charge is -2.12. The topological polar surface area (TPSA) is 59.2 Å². The van der Waals surface area contributed by atoms with Gasteiger partial charge in [0, 0.05) is 5.56 Å². The van der Waals surface area contributed by atoms with Gasteiger partial charge in [-0.05, 0) is 6.07 Å². The highest BCUT2D eigenvalue weighted by Gasteiger charge is 2.38. The Labute approximate surface area is 96.4 Å². The van der Waals surface area contributed by atoms with Crippen LogP contribution >= 0.6 is 0 Å². The van der Waals surface area contributed by atoms with E-state index in [-0.39, 0.29) is 6.07 Å². The van der Waals surface area contributed by atoms with Crippen molar-refractivity contribution in [2.24, 2.45) is 0 Å². The van der Waals surface area contributed by atoms with E-state index < -0.39 is 41.0 Å². The average molecular weight is 271 g/mol. The second kappa shape index (κ2) is 4.75. The van der Waals surface area contributed by atoms with Crippen molar-refractivity contribution in [1.29, 1.82) is 0 Å². The van der Waals surface area contributed by atoms with Gasteiger partial charge < -0.3 is 9.72 Å². The van der Waals surface area contributed by atoms with E-state index in [1.54, 1.807) is 0 Å². The van der Waals surface area contributed by atoms with E-state index >= 15 is 0 Å². The number of aromatic amines is 1. The SMILES string of the molecule is COC(=O)c1cc(C(F)F)c(C(F)(F)F)[nH]c1=O. The van der Waals surface area contributed by atoms with Gasteiger partial charge in [-0.1, -0.05) is 0 Å². The van der Waals surface area contributed by atoms with Crippen molar-refractivity contribution in [3.63, 3.8) is 0 Å². The van der Waals surface area contributed by atoms with Crippen molar-refractivity contribution in [3.05, 3.63) is 33.2 Å². The number of esters is 1. The summed E-state index contributed by atoms with van der Waals surface area (Å²) in [5.74, 6) is -1.30. The molecule has 0 unspecified atom stereocenters. The fourth-order valence-electron chi connectivity index (χ4n) is 1.21. The van der Waals surface area contributed by atoms with Crippen LogP contribution in [-0.4, -0.2) is 18.1 Å². The molecule has 0 radical (unpaired) electrons. The number of alkyl halides is 5. The molecule has 0 aliphatic rings. The van der Waals surface area contributed by atoms with Gasteiger partial charge in [0.1, 0.15) is 11.3 Å². The molecule has 0 bridgehead atoms. The van der Waals surface area contributed by atoms with E-state index in [1.165, 1.54) is 4.98 Å². The molecule has 0 aliphatic carbocycles. The Hall–Kier alpha value is -1.93. The van der Waals surface area contributed by atoms with Gasteiger partial charge in [0.15, 0.2) is 0 Å². The van der Waals surface area contributed by atoms with Crippen LogP contribution in [0.3, 0.4) is 0 Å². The number of hydrogen-bond acceptors (Lipinski definition) is 3. The van der Waals surface area contributed by atoms with E-state index in [0.717, 1.165) is 7.11 Å². The molecule has 1 rings (SSSR count). The van der Waals surface area contributed by atoms with Gasteiger partial charge in [-0.2, -0.15) is 13.2 Å². The first-order chi connectivity index (χ1) is 8.18. The van der Waals surface area contributed by atoms with E-state index in [1.807, 2.05) is 0 Å². The number of hydrogen-bond donors (Lipinski definition) is 1. The summed E-state index contributed by atoms with van der Waals surface area (Å²) in [6.45, 7) is 0. The number of carbonyl (C=O) groups excluding carboxylic acids is 1. The third-order valence-corrected chi connectivity index (χ3v) is 2.00. The third-order valence-electron chi connectivity index (χ3n) is 2.00. The lowest BCUT2D eigenvalue weighted by Crippen LogP contribution is -2.25. The van der Waals surface area contributed by atoms with Gasteiger partial charge in [-0.25, -0.2) is 13.6 Å². The molecule has 18 heavy (non-hydrogen) atoms. The van der Waals surface area contributed by atoms with Crippen LogP contribution in [0.25, 0.3) is 0 Å². The first-order valence-electron chi connectivity index (χ1n) is 4.39. The fraction of sp³-hybridized carbons (Fsp3) is 0.333. The number of ether oxygens (including phenoxy) is 1. The summed E-state index contributed by atoms with van der Waals surface area (Å²) in [4.78, 5) is 23.4. The number of methoxy groups -OCH3 is 1. The van der Waals surface area contributed by atoms with Gasteiger partial charge >= 0.3 is 12.1 Å². The molecule has 0 aromatic carbocycles. The van der Waals surface area contributed by atoms with Crippen LogP contribution in [0, 0.1) is 0 Å². The maximum atomic E-state index is 12.5. The number of H-pyrrole nitrogens is 1. The van der Waals surface area contributed by atoms with Gasteiger partial charge in [-0.15, -0.1) is 0 Å². The molecule has 4 nitrogen and oxygen atoms in total. The maximum Gasteiger partial charge on any atom is 0.431 e. The highest BCUT2D eigenvalue weighted by molar-refractivity contribution is 5.89. The summed E-state index contributed by atoms with van der Waals surface area (Å²) in [6.07, 6.45) is -8.65. The van der Waals surface area contributed by atoms with Crippen LogP contribution < -0.4 is 5.56 Å². The van der Waals surface area contributed by atoms with E-state index in [4.69, 9.17) is 0 Å². The number of nitrogens with one attached hydrogen (secondary N) is 1.